The Balaban J connectivity index is 1.66. The number of carbonyl (C=O) groups excluding carboxylic acids is 1. The van der Waals surface area contributed by atoms with E-state index in [9.17, 15) is 4.79 Å². The van der Waals surface area contributed by atoms with Crippen LogP contribution >= 0.6 is 0 Å². The van der Waals surface area contributed by atoms with Crippen molar-refractivity contribution in [3.05, 3.63) is 41.5 Å². The minimum Gasteiger partial charge on any atom is -0.335 e. The minimum atomic E-state index is -0.261. The van der Waals surface area contributed by atoms with Crippen LogP contribution < -0.4 is 5.32 Å². The van der Waals surface area contributed by atoms with Crippen molar-refractivity contribution < 1.29 is 9.32 Å². The molecular formula is C20H21N7O2. The van der Waals surface area contributed by atoms with E-state index in [0.717, 1.165) is 36.3 Å². The lowest BCUT2D eigenvalue weighted by molar-refractivity contribution is 0.102. The molecule has 1 saturated carbocycles. The van der Waals surface area contributed by atoms with Gasteiger partial charge in [0.1, 0.15) is 5.69 Å². The summed E-state index contributed by atoms with van der Waals surface area (Å²) >= 11 is 0. The summed E-state index contributed by atoms with van der Waals surface area (Å²) in [6.07, 6.45) is 5.68. The van der Waals surface area contributed by atoms with Gasteiger partial charge in [-0.15, -0.1) is 0 Å². The monoisotopic (exact) mass is 391 g/mol. The normalized spacial score (nSPS) is 13.9. The van der Waals surface area contributed by atoms with Gasteiger partial charge in [0.25, 0.3) is 11.6 Å². The molecule has 1 amide bonds. The summed E-state index contributed by atoms with van der Waals surface area (Å²) in [5.74, 6) is 0.602. The highest BCUT2D eigenvalue weighted by Gasteiger charge is 2.30. The van der Waals surface area contributed by atoms with Gasteiger partial charge in [0.15, 0.2) is 5.82 Å². The number of rotatable bonds is 5. The van der Waals surface area contributed by atoms with Crippen LogP contribution in [0.3, 0.4) is 0 Å². The van der Waals surface area contributed by atoms with E-state index in [1.165, 1.54) is 0 Å². The van der Waals surface area contributed by atoms with Crippen molar-refractivity contribution >= 4 is 22.8 Å². The Labute approximate surface area is 166 Å². The molecule has 148 valence electrons. The van der Waals surface area contributed by atoms with Gasteiger partial charge in [-0.05, 0) is 32.8 Å². The van der Waals surface area contributed by atoms with Gasteiger partial charge in [-0.25, -0.2) is 4.98 Å². The summed E-state index contributed by atoms with van der Waals surface area (Å²) in [6.45, 7) is 4.75. The van der Waals surface area contributed by atoms with Crippen LogP contribution in [0, 0.1) is 6.92 Å². The van der Waals surface area contributed by atoms with Gasteiger partial charge in [-0.2, -0.15) is 10.2 Å². The molecule has 1 aliphatic carbocycles. The highest BCUT2D eigenvalue weighted by atomic mass is 16.5. The first-order valence-electron chi connectivity index (χ1n) is 9.69. The number of carbonyl (C=O) groups is 1. The first kappa shape index (κ1) is 17.6. The number of amides is 1. The number of aromatic nitrogens is 6. The summed E-state index contributed by atoms with van der Waals surface area (Å²) in [4.78, 5) is 17.8. The molecule has 4 aromatic heterocycles. The largest absolute Gasteiger partial charge is 0.335 e. The number of pyridine rings is 1. The van der Waals surface area contributed by atoms with Crippen LogP contribution in [-0.4, -0.2) is 35.6 Å². The van der Waals surface area contributed by atoms with E-state index in [-0.39, 0.29) is 5.91 Å². The molecule has 5 rings (SSSR count). The van der Waals surface area contributed by atoms with Crippen LogP contribution in [0.1, 0.15) is 47.4 Å². The van der Waals surface area contributed by atoms with Gasteiger partial charge < -0.3 is 9.84 Å². The van der Waals surface area contributed by atoms with Crippen LogP contribution in [0.5, 0.6) is 0 Å². The van der Waals surface area contributed by atoms with E-state index in [1.807, 2.05) is 24.6 Å². The lowest BCUT2D eigenvalue weighted by atomic mass is 10.0. The first-order valence-corrected chi connectivity index (χ1v) is 9.69. The Bertz CT molecular complexity index is 1230. The van der Waals surface area contributed by atoms with Gasteiger partial charge in [-0.1, -0.05) is 5.16 Å². The quantitative estimate of drug-likeness (QED) is 0.560. The molecule has 29 heavy (non-hydrogen) atoms. The van der Waals surface area contributed by atoms with Crippen LogP contribution in [0.4, 0.5) is 5.82 Å². The Morgan fingerprint density at radius 3 is 2.86 bits per heavy atom. The second kappa shape index (κ2) is 6.54. The fourth-order valence-electron chi connectivity index (χ4n) is 3.58. The molecule has 0 aromatic carbocycles. The van der Waals surface area contributed by atoms with Gasteiger partial charge in [0.05, 0.1) is 17.1 Å². The van der Waals surface area contributed by atoms with Crippen molar-refractivity contribution in [2.24, 2.45) is 7.05 Å². The summed E-state index contributed by atoms with van der Waals surface area (Å²) in [7, 11) is 1.80. The third-order valence-corrected chi connectivity index (χ3v) is 5.32. The predicted octanol–water partition coefficient (Wildman–Crippen LogP) is 3.28. The molecule has 0 radical (unpaired) electrons. The van der Waals surface area contributed by atoms with Crippen LogP contribution in [0.15, 0.2) is 29.0 Å². The Morgan fingerprint density at radius 1 is 1.38 bits per heavy atom. The molecular weight excluding hydrogens is 370 g/mol. The highest BCUT2D eigenvalue weighted by Crippen LogP contribution is 2.41. The second-order valence-corrected chi connectivity index (χ2v) is 7.37. The van der Waals surface area contributed by atoms with E-state index in [1.54, 1.807) is 30.2 Å². The third kappa shape index (κ3) is 2.98. The Kier molecular flexibility index (Phi) is 3.97. The smallest absolute Gasteiger partial charge is 0.259 e. The van der Waals surface area contributed by atoms with Gasteiger partial charge in [0, 0.05) is 48.7 Å². The van der Waals surface area contributed by atoms with Crippen molar-refractivity contribution in [2.45, 2.75) is 39.2 Å². The topological polar surface area (TPSA) is 104 Å². The molecule has 1 N–H and O–H groups in total. The number of nitrogens with one attached hydrogen (secondary N) is 1. The molecule has 0 aliphatic heterocycles. The molecule has 1 aliphatic rings. The van der Waals surface area contributed by atoms with Crippen molar-refractivity contribution in [1.82, 2.24) is 29.7 Å². The van der Waals surface area contributed by atoms with Gasteiger partial charge >= 0.3 is 0 Å². The SMILES string of the molecule is CCn1ncc(-c2noc3nc(C4CC4)cc(C(=O)Nc4ccn(C)n4)c23)c1C. The highest BCUT2D eigenvalue weighted by molar-refractivity contribution is 6.14. The maximum absolute atomic E-state index is 13.2. The average Bonchev–Trinajstić information content (AvgIpc) is 3.20. The molecule has 9 nitrogen and oxygen atoms in total. The number of fused-ring (bicyclic) bond motifs is 1. The summed E-state index contributed by atoms with van der Waals surface area (Å²) in [5, 5.41) is 16.4. The maximum atomic E-state index is 13.2. The third-order valence-electron chi connectivity index (χ3n) is 5.32. The standard InChI is InChI=1S/C20H21N7O2/c1-4-27-11(2)14(10-21-27)18-17-13(19(28)23-16-7-8-26(3)24-16)9-15(12-5-6-12)22-20(17)29-25-18/h7-10,12H,4-6H2,1-3H3,(H,23,24,28). The van der Waals surface area contributed by atoms with Crippen LogP contribution in [-0.2, 0) is 13.6 Å². The zero-order chi connectivity index (χ0) is 20.1. The fourth-order valence-corrected chi connectivity index (χ4v) is 3.58. The minimum absolute atomic E-state index is 0.261. The first-order chi connectivity index (χ1) is 14.0. The Hall–Kier alpha value is -3.49. The van der Waals surface area contributed by atoms with E-state index < -0.39 is 0 Å². The molecule has 0 saturated heterocycles. The summed E-state index contributed by atoms with van der Waals surface area (Å²) in [5.41, 5.74) is 4.11. The van der Waals surface area contributed by atoms with E-state index >= 15 is 0 Å². The second-order valence-electron chi connectivity index (χ2n) is 7.37. The van der Waals surface area contributed by atoms with Gasteiger partial charge in [-0.3, -0.25) is 14.2 Å². The van der Waals surface area contributed by atoms with E-state index in [4.69, 9.17) is 4.52 Å². The molecule has 9 heteroatoms. The van der Waals surface area contributed by atoms with Crippen LogP contribution in [0.2, 0.25) is 0 Å². The number of aryl methyl sites for hydroxylation is 2. The lowest BCUT2D eigenvalue weighted by Crippen LogP contribution is -2.14. The molecule has 0 atom stereocenters. The average molecular weight is 391 g/mol. The summed E-state index contributed by atoms with van der Waals surface area (Å²) in [6, 6.07) is 3.61. The molecule has 0 bridgehead atoms. The lowest BCUT2D eigenvalue weighted by Gasteiger charge is -2.07. The van der Waals surface area contributed by atoms with Crippen molar-refractivity contribution in [1.29, 1.82) is 0 Å². The molecule has 0 unspecified atom stereocenters. The Morgan fingerprint density at radius 2 is 2.21 bits per heavy atom. The maximum Gasteiger partial charge on any atom is 0.259 e. The molecule has 4 aromatic rings. The predicted molar refractivity (Wildman–Crippen MR) is 107 cm³/mol. The van der Waals surface area contributed by atoms with E-state index in [0.29, 0.717) is 34.1 Å². The zero-order valence-corrected chi connectivity index (χ0v) is 16.5. The number of anilines is 1. The number of hydrogen-bond donors (Lipinski definition) is 1. The van der Waals surface area contributed by atoms with Crippen molar-refractivity contribution in [3.8, 4) is 11.3 Å². The zero-order valence-electron chi connectivity index (χ0n) is 16.5. The number of nitrogens with zero attached hydrogens (tertiary/aromatic N) is 6. The summed E-state index contributed by atoms with van der Waals surface area (Å²) < 4.78 is 9.09. The van der Waals surface area contributed by atoms with Crippen LogP contribution in [0.25, 0.3) is 22.4 Å². The number of hydrogen-bond acceptors (Lipinski definition) is 6. The van der Waals surface area contributed by atoms with Gasteiger partial charge in [0.2, 0.25) is 0 Å². The van der Waals surface area contributed by atoms with E-state index in [2.05, 4.69) is 25.7 Å². The molecule has 0 spiro atoms. The molecule has 1 fully saturated rings. The van der Waals surface area contributed by atoms with Crippen molar-refractivity contribution in [2.75, 3.05) is 5.32 Å². The van der Waals surface area contributed by atoms with Crippen molar-refractivity contribution in [3.63, 3.8) is 0 Å². The molecule has 4 heterocycles. The fraction of sp³-hybridized carbons (Fsp3) is 0.350.